The third-order valence-electron chi connectivity index (χ3n) is 3.36. The van der Waals surface area contributed by atoms with E-state index in [9.17, 15) is 4.79 Å². The van der Waals surface area contributed by atoms with Gasteiger partial charge in [0.1, 0.15) is 11.9 Å². The monoisotopic (exact) mass is 327 g/mol. The van der Waals surface area contributed by atoms with Crippen molar-refractivity contribution in [3.8, 4) is 0 Å². The Labute approximate surface area is 134 Å². The largest absolute Gasteiger partial charge is 0.354 e. The Hall–Kier alpha value is -1.26. The van der Waals surface area contributed by atoms with Crippen molar-refractivity contribution in [2.24, 2.45) is 0 Å². The molecule has 1 heterocycles. The van der Waals surface area contributed by atoms with Crippen LogP contribution in [0.1, 0.15) is 44.4 Å². The van der Waals surface area contributed by atoms with Gasteiger partial charge < -0.3 is 9.88 Å². The number of alkyl halides is 1. The lowest BCUT2D eigenvalue weighted by molar-refractivity contribution is -0.123. The van der Waals surface area contributed by atoms with Gasteiger partial charge >= 0.3 is 0 Å². The lowest BCUT2D eigenvalue weighted by atomic mass is 10.2. The predicted octanol–water partition coefficient (Wildman–Crippen LogP) is 4.08. The van der Waals surface area contributed by atoms with Gasteiger partial charge in [0.05, 0.1) is 21.4 Å². The Kier molecular flexibility index (Phi) is 5.12. The van der Waals surface area contributed by atoms with Gasteiger partial charge in [0.25, 0.3) is 0 Å². The molecule has 2 atom stereocenters. The van der Waals surface area contributed by atoms with Crippen LogP contribution in [-0.2, 0) is 4.79 Å². The standard InChI is InChI=1S/C15H19Cl2N3O/c1-4-8-18-15(21)10(3)20-13-11(17)6-5-7-12(13)19-14(20)9(2)16/h5-7,9-10H,4,8H2,1-3H3,(H,18,21). The maximum Gasteiger partial charge on any atom is 0.242 e. The number of rotatable bonds is 5. The molecule has 2 unspecified atom stereocenters. The average molecular weight is 328 g/mol. The molecule has 1 amide bonds. The predicted molar refractivity (Wildman–Crippen MR) is 87.0 cm³/mol. The maximum absolute atomic E-state index is 12.3. The Bertz CT molecular complexity index is 652. The molecule has 6 heteroatoms. The van der Waals surface area contributed by atoms with Crippen LogP contribution < -0.4 is 5.32 Å². The quantitative estimate of drug-likeness (QED) is 0.841. The van der Waals surface area contributed by atoms with Gasteiger partial charge in [0.15, 0.2) is 0 Å². The number of benzene rings is 1. The summed E-state index contributed by atoms with van der Waals surface area (Å²) in [5.41, 5.74) is 1.50. The van der Waals surface area contributed by atoms with E-state index in [4.69, 9.17) is 23.2 Å². The van der Waals surface area contributed by atoms with Crippen molar-refractivity contribution in [1.29, 1.82) is 0 Å². The number of nitrogens with one attached hydrogen (secondary N) is 1. The zero-order chi connectivity index (χ0) is 15.6. The highest BCUT2D eigenvalue weighted by Crippen LogP contribution is 2.32. The van der Waals surface area contributed by atoms with Crippen molar-refractivity contribution in [1.82, 2.24) is 14.9 Å². The molecular weight excluding hydrogens is 309 g/mol. The first kappa shape index (κ1) is 16.1. The summed E-state index contributed by atoms with van der Waals surface area (Å²) >= 11 is 12.5. The van der Waals surface area contributed by atoms with Gasteiger partial charge in [-0.1, -0.05) is 24.6 Å². The molecule has 114 valence electrons. The fraction of sp³-hybridized carbons (Fsp3) is 0.467. The highest BCUT2D eigenvalue weighted by atomic mass is 35.5. The van der Waals surface area contributed by atoms with Crippen LogP contribution in [0, 0.1) is 0 Å². The first-order valence-corrected chi connectivity index (χ1v) is 7.87. The van der Waals surface area contributed by atoms with E-state index in [0.29, 0.717) is 17.4 Å². The molecule has 0 spiro atoms. The minimum absolute atomic E-state index is 0.0605. The van der Waals surface area contributed by atoms with E-state index in [2.05, 4.69) is 10.3 Å². The Morgan fingerprint density at radius 1 is 1.43 bits per heavy atom. The van der Waals surface area contributed by atoms with Crippen LogP contribution in [0.3, 0.4) is 0 Å². The molecule has 0 aliphatic heterocycles. The van der Waals surface area contributed by atoms with Crippen molar-refractivity contribution in [2.45, 2.75) is 38.6 Å². The SMILES string of the molecule is CCCNC(=O)C(C)n1c(C(C)Cl)nc2cccc(Cl)c21. The summed E-state index contributed by atoms with van der Waals surface area (Å²) in [5, 5.41) is 3.15. The molecule has 0 saturated heterocycles. The molecule has 21 heavy (non-hydrogen) atoms. The Balaban J connectivity index is 2.54. The van der Waals surface area contributed by atoms with E-state index in [-0.39, 0.29) is 11.3 Å². The van der Waals surface area contributed by atoms with Gasteiger partial charge in [0, 0.05) is 6.54 Å². The molecule has 0 aliphatic carbocycles. The van der Waals surface area contributed by atoms with Crippen LogP contribution >= 0.6 is 23.2 Å². The van der Waals surface area contributed by atoms with Gasteiger partial charge in [-0.2, -0.15) is 0 Å². The van der Waals surface area contributed by atoms with Gasteiger partial charge in [-0.25, -0.2) is 4.98 Å². The van der Waals surface area contributed by atoms with Crippen molar-refractivity contribution in [3.05, 3.63) is 29.0 Å². The fourth-order valence-electron chi connectivity index (χ4n) is 2.31. The summed E-state index contributed by atoms with van der Waals surface area (Å²) in [6.45, 7) is 6.33. The number of aromatic nitrogens is 2. The molecule has 0 aliphatic rings. The minimum Gasteiger partial charge on any atom is -0.354 e. The molecule has 1 aromatic carbocycles. The second-order valence-electron chi connectivity index (χ2n) is 5.03. The van der Waals surface area contributed by atoms with Crippen LogP contribution in [-0.4, -0.2) is 22.0 Å². The van der Waals surface area contributed by atoms with Crippen LogP contribution in [0.25, 0.3) is 11.0 Å². The zero-order valence-electron chi connectivity index (χ0n) is 12.4. The number of para-hydroxylation sites is 1. The van der Waals surface area contributed by atoms with Gasteiger partial charge in [0.2, 0.25) is 5.91 Å². The molecule has 2 aromatic rings. The molecule has 2 rings (SSSR count). The Morgan fingerprint density at radius 2 is 2.14 bits per heavy atom. The number of hydrogen-bond acceptors (Lipinski definition) is 2. The summed E-state index contributed by atoms with van der Waals surface area (Å²) < 4.78 is 1.83. The third-order valence-corrected chi connectivity index (χ3v) is 3.86. The first-order valence-electron chi connectivity index (χ1n) is 7.05. The normalized spacial score (nSPS) is 14.1. The lowest BCUT2D eigenvalue weighted by Gasteiger charge is -2.18. The highest BCUT2D eigenvalue weighted by Gasteiger charge is 2.24. The molecule has 1 aromatic heterocycles. The topological polar surface area (TPSA) is 46.9 Å². The van der Waals surface area contributed by atoms with E-state index < -0.39 is 6.04 Å². The molecule has 4 nitrogen and oxygen atoms in total. The lowest BCUT2D eigenvalue weighted by Crippen LogP contribution is -2.32. The number of imidazole rings is 1. The van der Waals surface area contributed by atoms with Gasteiger partial charge in [-0.05, 0) is 32.4 Å². The summed E-state index contributed by atoms with van der Waals surface area (Å²) in [6.07, 6.45) is 0.892. The van der Waals surface area contributed by atoms with E-state index in [1.807, 2.05) is 37.5 Å². The zero-order valence-corrected chi connectivity index (χ0v) is 13.9. The second-order valence-corrected chi connectivity index (χ2v) is 6.09. The first-order chi connectivity index (χ1) is 9.97. The Morgan fingerprint density at radius 3 is 2.76 bits per heavy atom. The van der Waals surface area contributed by atoms with Gasteiger partial charge in [-0.3, -0.25) is 4.79 Å². The summed E-state index contributed by atoms with van der Waals surface area (Å²) in [6, 6.07) is 5.09. The van der Waals surface area contributed by atoms with E-state index in [1.54, 1.807) is 6.07 Å². The maximum atomic E-state index is 12.3. The smallest absolute Gasteiger partial charge is 0.242 e. The van der Waals surface area contributed by atoms with E-state index in [0.717, 1.165) is 17.5 Å². The van der Waals surface area contributed by atoms with E-state index in [1.165, 1.54) is 0 Å². The second kappa shape index (κ2) is 6.67. The van der Waals surface area contributed by atoms with Crippen LogP contribution in [0.15, 0.2) is 18.2 Å². The summed E-state index contributed by atoms with van der Waals surface area (Å²) in [7, 11) is 0. The van der Waals surface area contributed by atoms with E-state index >= 15 is 0 Å². The number of amides is 1. The minimum atomic E-state index is -0.419. The average Bonchev–Trinajstić information content (AvgIpc) is 2.85. The van der Waals surface area contributed by atoms with Crippen LogP contribution in [0.5, 0.6) is 0 Å². The number of halogens is 2. The molecule has 0 radical (unpaired) electrons. The third kappa shape index (κ3) is 3.16. The fourth-order valence-corrected chi connectivity index (χ4v) is 2.72. The van der Waals surface area contributed by atoms with Gasteiger partial charge in [-0.15, -0.1) is 11.6 Å². The highest BCUT2D eigenvalue weighted by molar-refractivity contribution is 6.35. The summed E-state index contributed by atoms with van der Waals surface area (Å²) in [4.78, 5) is 16.8. The summed E-state index contributed by atoms with van der Waals surface area (Å²) in [5.74, 6) is 0.591. The van der Waals surface area contributed by atoms with Crippen molar-refractivity contribution >= 4 is 40.1 Å². The van der Waals surface area contributed by atoms with Crippen molar-refractivity contribution in [2.75, 3.05) is 6.54 Å². The number of fused-ring (bicyclic) bond motifs is 1. The molecule has 0 saturated carbocycles. The number of carbonyl (C=O) groups is 1. The number of carbonyl (C=O) groups excluding carboxylic acids is 1. The van der Waals surface area contributed by atoms with Crippen LogP contribution in [0.4, 0.5) is 0 Å². The van der Waals surface area contributed by atoms with Crippen molar-refractivity contribution < 1.29 is 4.79 Å². The van der Waals surface area contributed by atoms with Crippen LogP contribution in [0.2, 0.25) is 5.02 Å². The molecular formula is C15H19Cl2N3O. The van der Waals surface area contributed by atoms with Crippen molar-refractivity contribution in [3.63, 3.8) is 0 Å². The number of nitrogens with zero attached hydrogens (tertiary/aromatic N) is 2. The molecule has 0 fully saturated rings. The number of hydrogen-bond donors (Lipinski definition) is 1. The molecule has 0 bridgehead atoms. The molecule has 1 N–H and O–H groups in total.